The molecule has 0 atom stereocenters. The maximum atomic E-state index is 9.15. The molecule has 0 unspecified atom stereocenters. The number of aromatic nitrogens is 5. The summed E-state index contributed by atoms with van der Waals surface area (Å²) in [5, 5.41) is 1.54. The van der Waals surface area contributed by atoms with Crippen LogP contribution in [0.1, 0.15) is 49.1 Å². The number of ether oxygens (including phenoxy) is 1. The van der Waals surface area contributed by atoms with Gasteiger partial charge in [0.15, 0.2) is 0 Å². The first-order valence-electron chi connectivity index (χ1n) is 27.8. The summed E-state index contributed by atoms with van der Waals surface area (Å²) in [6.45, 7) is 4.35. The Morgan fingerprint density at radius 2 is 1.22 bits per heavy atom. The normalized spacial score (nSPS) is 13.2. The third kappa shape index (κ3) is 7.62. The Morgan fingerprint density at radius 3 is 1.93 bits per heavy atom. The monoisotopic (exact) mass is 1120 g/mol. The van der Waals surface area contributed by atoms with Gasteiger partial charge in [0.05, 0.1) is 38.7 Å². The molecule has 6 nitrogen and oxygen atoms in total. The molecule has 0 aliphatic rings. The summed E-state index contributed by atoms with van der Waals surface area (Å²) in [5.41, 5.74) is 10.9. The van der Waals surface area contributed by atoms with Crippen LogP contribution < -0.4 is 9.30 Å². The van der Waals surface area contributed by atoms with Crippen LogP contribution in [-0.2, 0) is 21.1 Å². The van der Waals surface area contributed by atoms with Crippen LogP contribution in [0.5, 0.6) is 11.5 Å². The summed E-state index contributed by atoms with van der Waals surface area (Å²) < 4.78 is 85.2. The molecule has 0 spiro atoms. The van der Waals surface area contributed by atoms with Gasteiger partial charge in [-0.1, -0.05) is 159 Å². The number of fused-ring (bicyclic) bond motifs is 7. The maximum Gasteiger partial charge on any atom is 0.268 e. The minimum absolute atomic E-state index is 0. The van der Waals surface area contributed by atoms with Crippen molar-refractivity contribution in [3.05, 3.63) is 242 Å². The number of imidazole rings is 1. The van der Waals surface area contributed by atoms with E-state index in [2.05, 4.69) is 128 Å². The molecule has 0 bridgehead atoms. The largest absolute Gasteiger partial charge is 0.510 e. The number of hydrogen-bond acceptors (Lipinski definition) is 2. The second-order valence-corrected chi connectivity index (χ2v) is 17.6. The van der Waals surface area contributed by atoms with Crippen molar-refractivity contribution in [3.63, 3.8) is 0 Å². The van der Waals surface area contributed by atoms with Gasteiger partial charge in [-0.3, -0.25) is 4.57 Å². The van der Waals surface area contributed by atoms with Gasteiger partial charge in [-0.25, -0.2) is 4.98 Å². The molecule has 9 aromatic carbocycles. The number of nitrogens with zero attached hydrogens (tertiary/aromatic N) is 5. The molecule has 0 fully saturated rings. The van der Waals surface area contributed by atoms with Crippen molar-refractivity contribution < 1.29 is 41.3 Å². The van der Waals surface area contributed by atoms with E-state index in [1.54, 1.807) is 6.07 Å². The third-order valence-electron chi connectivity index (χ3n) is 13.6. The van der Waals surface area contributed by atoms with Crippen molar-refractivity contribution in [2.45, 2.75) is 32.6 Å². The van der Waals surface area contributed by atoms with E-state index in [4.69, 9.17) is 20.7 Å². The van der Waals surface area contributed by atoms with Crippen molar-refractivity contribution in [3.8, 4) is 56.6 Å². The molecule has 7 heteroatoms. The third-order valence-corrected chi connectivity index (χ3v) is 13.6. The average molecular weight is 1120 g/mol. The van der Waals surface area contributed by atoms with Gasteiger partial charge >= 0.3 is 0 Å². The van der Waals surface area contributed by atoms with Crippen LogP contribution in [0.15, 0.2) is 218 Å². The zero-order valence-electron chi connectivity index (χ0n) is 47.1. The Bertz CT molecular complexity index is 4480. The Labute approximate surface area is 444 Å². The first kappa shape index (κ1) is 36.6. The summed E-state index contributed by atoms with van der Waals surface area (Å²) in [6, 6.07) is 58.4. The average Bonchev–Trinajstić information content (AvgIpc) is 4.25. The Hall–Kier alpha value is -8.31. The predicted molar refractivity (Wildman–Crippen MR) is 288 cm³/mol. The number of benzene rings is 9. The smallest absolute Gasteiger partial charge is 0.268 e. The molecule has 0 saturated heterocycles. The summed E-state index contributed by atoms with van der Waals surface area (Å²) in [7, 11) is 0. The summed E-state index contributed by atoms with van der Waals surface area (Å²) in [5.74, 6) is 1.82. The van der Waals surface area contributed by atoms with Gasteiger partial charge in [0, 0.05) is 60.7 Å². The van der Waals surface area contributed by atoms with E-state index in [1.807, 2.05) is 82.1 Å². The van der Waals surface area contributed by atoms with Crippen LogP contribution in [0.25, 0.3) is 99.8 Å². The maximum absolute atomic E-state index is 9.15. The molecule has 13 rings (SSSR count). The topological polar surface area (TPSA) is 40.8 Å². The molecule has 0 saturated carbocycles. The second-order valence-electron chi connectivity index (χ2n) is 17.6. The van der Waals surface area contributed by atoms with Gasteiger partial charge in [-0.15, -0.1) is 29.7 Å². The van der Waals surface area contributed by atoms with E-state index < -0.39 is 24.2 Å². The van der Waals surface area contributed by atoms with Crippen molar-refractivity contribution in [2.24, 2.45) is 0 Å². The van der Waals surface area contributed by atoms with E-state index in [1.165, 1.54) is 4.57 Å². The molecule has 0 aliphatic heterocycles. The van der Waals surface area contributed by atoms with Crippen LogP contribution >= 0.6 is 0 Å². The molecule has 0 aliphatic carbocycles. The van der Waals surface area contributed by atoms with Crippen LogP contribution in [0.3, 0.4) is 0 Å². The zero-order chi connectivity index (χ0) is 54.4. The van der Waals surface area contributed by atoms with Crippen molar-refractivity contribution in [1.29, 1.82) is 0 Å². The van der Waals surface area contributed by atoms with E-state index in [9.17, 15) is 0 Å². The van der Waals surface area contributed by atoms with E-state index in [0.717, 1.165) is 73.7 Å². The molecule has 0 N–H and O–H groups in total. The standard InChI is InChI=1S/C65H47N5O.Pt/c1-3-44(4-2)47-37-38-66-64(39-47)70-60-36-33-49(69-58-29-13-11-25-54(58)55-26-12-14-30-59(55)69)41-57(60)56-35-34-51(42-63(56)70)71-50-24-17-23-48(40-50)67-43-68(62-32-16-15-31-61(62)67)65-52(45-19-7-5-8-20-45)27-18-28-53(65)46-21-9-6-10-22-46;/h5-39,41,44H,3-4H2,1-2H3;/q-2;/i11D,12D,13D,14D,25D,26D,29D,30D;. The molecule has 72 heavy (non-hydrogen) atoms. The van der Waals surface area contributed by atoms with Crippen molar-refractivity contribution in [1.82, 2.24) is 18.7 Å². The van der Waals surface area contributed by atoms with Crippen LogP contribution in [0.4, 0.5) is 0 Å². The molecular weight excluding hydrogens is 1060 g/mol. The van der Waals surface area contributed by atoms with Gasteiger partial charge in [0.2, 0.25) is 0 Å². The van der Waals surface area contributed by atoms with Gasteiger partial charge in [-0.05, 0) is 100 Å². The zero-order valence-corrected chi connectivity index (χ0v) is 41.4. The van der Waals surface area contributed by atoms with Gasteiger partial charge in [0.1, 0.15) is 5.82 Å². The fourth-order valence-corrected chi connectivity index (χ4v) is 10.2. The summed E-state index contributed by atoms with van der Waals surface area (Å²) in [4.78, 5) is 4.93. The van der Waals surface area contributed by atoms with Crippen LogP contribution in [0.2, 0.25) is 0 Å². The number of pyridine rings is 1. The van der Waals surface area contributed by atoms with Gasteiger partial charge in [0.25, 0.3) is 6.33 Å². The molecule has 13 aromatic rings. The summed E-state index contributed by atoms with van der Waals surface area (Å²) >= 11 is 0. The van der Waals surface area contributed by atoms with E-state index >= 15 is 0 Å². The first-order valence-corrected chi connectivity index (χ1v) is 23.8. The first-order chi connectivity index (χ1) is 38.4. The molecule has 4 heterocycles. The molecule has 350 valence electrons. The van der Waals surface area contributed by atoms with Crippen LogP contribution in [0, 0.1) is 18.5 Å². The van der Waals surface area contributed by atoms with Crippen LogP contribution in [-0.4, -0.2) is 18.7 Å². The van der Waals surface area contributed by atoms with Gasteiger partial charge < -0.3 is 18.4 Å². The van der Waals surface area contributed by atoms with E-state index in [0.29, 0.717) is 40.1 Å². The van der Waals surface area contributed by atoms with Crippen molar-refractivity contribution in [2.75, 3.05) is 0 Å². The number of para-hydroxylation sites is 5. The fraction of sp³-hybridized carbons (Fsp3) is 0.0769. The second kappa shape index (κ2) is 18.8. The number of hydrogen-bond donors (Lipinski definition) is 0. The SMILES string of the molecule is [2H]c1c([2H])c([2H])c2c(c1[2H])c1c([2H])c([2H])c([2H])c([2H])c1n2-c1ccc2c(c1)c1ccc(Oc3[c-]c(-n4[c-][n+](-c5c(-c6ccccc6)cccc5-c5ccccc5)c5ccccc54)ccc3)[c-]c1n2-c1cc(C(CC)CC)ccn1.[Pt]. The molecular formula is C65H47N5OPt-2. The molecule has 0 amide bonds. The summed E-state index contributed by atoms with van der Waals surface area (Å²) in [6.07, 6.45) is 7.44. The molecule has 4 aromatic heterocycles. The predicted octanol–water partition coefficient (Wildman–Crippen LogP) is 15.9. The Morgan fingerprint density at radius 1 is 0.569 bits per heavy atom. The van der Waals surface area contributed by atoms with Gasteiger partial charge in [-0.2, -0.15) is 18.2 Å². The molecule has 0 radical (unpaired) electrons. The fourth-order valence-electron chi connectivity index (χ4n) is 10.2. The van der Waals surface area contributed by atoms with E-state index in [-0.39, 0.29) is 67.0 Å². The Balaban J connectivity index is 0.00000637. The minimum Gasteiger partial charge on any atom is -0.510 e. The quantitative estimate of drug-likeness (QED) is 0.0957. The number of rotatable bonds is 11. The Kier molecular flexibility index (Phi) is 9.55. The minimum atomic E-state index is -0.494. The van der Waals surface area contributed by atoms with Crippen molar-refractivity contribution >= 4 is 54.6 Å².